The van der Waals surface area contributed by atoms with Gasteiger partial charge in [-0.05, 0) is 25.5 Å². The monoisotopic (exact) mass is 173 g/mol. The lowest BCUT2D eigenvalue weighted by Crippen LogP contribution is -2.08. The fourth-order valence-corrected chi connectivity index (χ4v) is 1.51. The minimum absolute atomic E-state index is 0.859. The molecule has 0 aromatic carbocycles. The van der Waals surface area contributed by atoms with E-state index >= 15 is 0 Å². The van der Waals surface area contributed by atoms with Crippen molar-refractivity contribution in [2.24, 2.45) is 0 Å². The summed E-state index contributed by atoms with van der Waals surface area (Å²) in [5.41, 5.74) is 4.03. The number of rotatable bonds is 0. The maximum absolute atomic E-state index is 4.16. The van der Waals surface area contributed by atoms with E-state index in [2.05, 4.69) is 21.9 Å². The molecule has 66 valence electrons. The molecular formula is C10H11N3. The smallest absolute Gasteiger partial charge is 0.141 e. The standard InChI is InChI=1S/C10H11N3/c1-6-4-7(2)13-10-9(6)8(3)11-5-12-10/h4-5H,1H2,2-3H3,(H,11,12,13). The third-order valence-electron chi connectivity index (χ3n) is 2.06. The average Bonchev–Trinajstić information content (AvgIpc) is 2.02. The molecule has 0 fully saturated rings. The second-order valence-corrected chi connectivity index (χ2v) is 3.16. The maximum Gasteiger partial charge on any atom is 0.141 e. The van der Waals surface area contributed by atoms with Crippen LogP contribution >= 0.6 is 0 Å². The molecule has 0 unspecified atom stereocenters. The maximum atomic E-state index is 4.16. The Hall–Kier alpha value is -1.64. The highest BCUT2D eigenvalue weighted by Crippen LogP contribution is 2.29. The average molecular weight is 173 g/mol. The van der Waals surface area contributed by atoms with Gasteiger partial charge in [0.05, 0.1) is 5.69 Å². The first-order valence-corrected chi connectivity index (χ1v) is 4.14. The van der Waals surface area contributed by atoms with Crippen LogP contribution in [0.3, 0.4) is 0 Å². The molecule has 1 aliphatic heterocycles. The van der Waals surface area contributed by atoms with Crippen molar-refractivity contribution < 1.29 is 0 Å². The molecule has 0 bridgehead atoms. The predicted octanol–water partition coefficient (Wildman–Crippen LogP) is 2.13. The summed E-state index contributed by atoms with van der Waals surface area (Å²) in [6, 6.07) is 0. The van der Waals surface area contributed by atoms with Crippen LogP contribution in [0.25, 0.3) is 5.57 Å². The van der Waals surface area contributed by atoms with Gasteiger partial charge in [0.1, 0.15) is 12.1 Å². The summed E-state index contributed by atoms with van der Waals surface area (Å²) in [7, 11) is 0. The lowest BCUT2D eigenvalue weighted by Gasteiger charge is -2.18. The zero-order chi connectivity index (χ0) is 9.42. The summed E-state index contributed by atoms with van der Waals surface area (Å²) in [5, 5.41) is 3.18. The van der Waals surface area contributed by atoms with E-state index in [1.807, 2.05) is 19.9 Å². The molecule has 0 spiro atoms. The molecule has 0 saturated heterocycles. The molecule has 1 N–H and O–H groups in total. The third-order valence-corrected chi connectivity index (χ3v) is 2.06. The van der Waals surface area contributed by atoms with Gasteiger partial charge in [-0.3, -0.25) is 0 Å². The number of nitrogens with one attached hydrogen (secondary N) is 1. The van der Waals surface area contributed by atoms with E-state index in [9.17, 15) is 0 Å². The topological polar surface area (TPSA) is 37.8 Å². The summed E-state index contributed by atoms with van der Waals surface area (Å²) in [6.45, 7) is 7.92. The van der Waals surface area contributed by atoms with Crippen LogP contribution in [0.1, 0.15) is 18.2 Å². The zero-order valence-corrected chi connectivity index (χ0v) is 7.76. The largest absolute Gasteiger partial charge is 0.343 e. The van der Waals surface area contributed by atoms with Crippen molar-refractivity contribution in [1.82, 2.24) is 9.97 Å². The molecule has 2 rings (SSSR count). The summed E-state index contributed by atoms with van der Waals surface area (Å²) in [5.74, 6) is 0.859. The van der Waals surface area contributed by atoms with Gasteiger partial charge in [-0.25, -0.2) is 9.97 Å². The molecule has 3 nitrogen and oxygen atoms in total. The van der Waals surface area contributed by atoms with Crippen LogP contribution < -0.4 is 5.32 Å². The minimum Gasteiger partial charge on any atom is -0.343 e. The zero-order valence-electron chi connectivity index (χ0n) is 7.76. The fraction of sp³-hybridized carbons (Fsp3) is 0.200. The molecule has 3 heteroatoms. The molecule has 2 heterocycles. The highest BCUT2D eigenvalue weighted by molar-refractivity contribution is 5.84. The lowest BCUT2D eigenvalue weighted by atomic mass is 10.0. The summed E-state index contributed by atoms with van der Waals surface area (Å²) >= 11 is 0. The second-order valence-electron chi connectivity index (χ2n) is 3.16. The van der Waals surface area contributed by atoms with Gasteiger partial charge in [0.25, 0.3) is 0 Å². The van der Waals surface area contributed by atoms with Gasteiger partial charge in [-0.2, -0.15) is 0 Å². The first kappa shape index (κ1) is 7.98. The molecule has 0 atom stereocenters. The molecule has 1 aliphatic rings. The van der Waals surface area contributed by atoms with E-state index in [0.29, 0.717) is 0 Å². The number of hydrogen-bond acceptors (Lipinski definition) is 3. The molecular weight excluding hydrogens is 162 g/mol. The van der Waals surface area contributed by atoms with Gasteiger partial charge in [0, 0.05) is 11.3 Å². The Kier molecular flexibility index (Phi) is 1.65. The van der Waals surface area contributed by atoms with Crippen LogP contribution in [0, 0.1) is 6.92 Å². The third kappa shape index (κ3) is 1.22. The number of nitrogens with zero attached hydrogens (tertiary/aromatic N) is 2. The van der Waals surface area contributed by atoms with E-state index in [1.165, 1.54) is 0 Å². The predicted molar refractivity (Wildman–Crippen MR) is 53.2 cm³/mol. The van der Waals surface area contributed by atoms with Gasteiger partial charge in [0.15, 0.2) is 0 Å². The first-order valence-electron chi connectivity index (χ1n) is 4.14. The Bertz CT molecular complexity index is 405. The molecule has 0 amide bonds. The lowest BCUT2D eigenvalue weighted by molar-refractivity contribution is 1.07. The van der Waals surface area contributed by atoms with E-state index in [-0.39, 0.29) is 0 Å². The second kappa shape index (κ2) is 2.69. The Morgan fingerprint density at radius 3 is 2.85 bits per heavy atom. The number of anilines is 1. The van der Waals surface area contributed by atoms with E-state index in [4.69, 9.17) is 0 Å². The SMILES string of the molecule is C=C1C=C(C)Nc2ncnc(C)c21. The molecule has 0 radical (unpaired) electrons. The van der Waals surface area contributed by atoms with Crippen LogP contribution in [-0.2, 0) is 0 Å². The Balaban J connectivity index is 2.63. The molecule has 0 aliphatic carbocycles. The number of hydrogen-bond donors (Lipinski definition) is 1. The quantitative estimate of drug-likeness (QED) is 0.653. The number of aryl methyl sites for hydroxylation is 1. The number of allylic oxidation sites excluding steroid dienone is 3. The highest BCUT2D eigenvalue weighted by Gasteiger charge is 2.14. The molecule has 0 saturated carbocycles. The van der Waals surface area contributed by atoms with E-state index in [1.54, 1.807) is 6.33 Å². The van der Waals surface area contributed by atoms with Crippen LogP contribution in [0.15, 0.2) is 24.7 Å². The number of fused-ring (bicyclic) bond motifs is 1. The molecule has 1 aromatic heterocycles. The van der Waals surface area contributed by atoms with E-state index < -0.39 is 0 Å². The van der Waals surface area contributed by atoms with Gasteiger partial charge in [0.2, 0.25) is 0 Å². The summed E-state index contributed by atoms with van der Waals surface area (Å²) < 4.78 is 0. The number of aromatic nitrogens is 2. The first-order chi connectivity index (χ1) is 6.18. The van der Waals surface area contributed by atoms with Crippen molar-refractivity contribution in [3.63, 3.8) is 0 Å². The van der Waals surface area contributed by atoms with Crippen molar-refractivity contribution in [3.8, 4) is 0 Å². The summed E-state index contributed by atoms with van der Waals surface area (Å²) in [4.78, 5) is 8.28. The normalized spacial score (nSPS) is 14.6. The van der Waals surface area contributed by atoms with Crippen LogP contribution in [0.5, 0.6) is 0 Å². The van der Waals surface area contributed by atoms with Crippen molar-refractivity contribution in [3.05, 3.63) is 35.9 Å². The highest BCUT2D eigenvalue weighted by atomic mass is 15.0. The fourth-order valence-electron chi connectivity index (χ4n) is 1.51. The summed E-state index contributed by atoms with van der Waals surface area (Å²) in [6.07, 6.45) is 3.56. The Morgan fingerprint density at radius 2 is 2.08 bits per heavy atom. The van der Waals surface area contributed by atoms with Gasteiger partial charge in [-0.15, -0.1) is 0 Å². The van der Waals surface area contributed by atoms with Crippen molar-refractivity contribution >= 4 is 11.4 Å². The Morgan fingerprint density at radius 1 is 1.31 bits per heavy atom. The van der Waals surface area contributed by atoms with E-state index in [0.717, 1.165) is 28.3 Å². The van der Waals surface area contributed by atoms with Crippen LogP contribution in [0.2, 0.25) is 0 Å². The van der Waals surface area contributed by atoms with Crippen LogP contribution in [0.4, 0.5) is 5.82 Å². The minimum atomic E-state index is 0.859. The molecule has 1 aromatic rings. The van der Waals surface area contributed by atoms with Gasteiger partial charge in [-0.1, -0.05) is 6.58 Å². The van der Waals surface area contributed by atoms with Crippen molar-refractivity contribution in [2.45, 2.75) is 13.8 Å². The molecule has 13 heavy (non-hydrogen) atoms. The van der Waals surface area contributed by atoms with Crippen molar-refractivity contribution in [2.75, 3.05) is 5.32 Å². The van der Waals surface area contributed by atoms with Crippen LogP contribution in [-0.4, -0.2) is 9.97 Å². The van der Waals surface area contributed by atoms with Crippen molar-refractivity contribution in [1.29, 1.82) is 0 Å². The van der Waals surface area contributed by atoms with Gasteiger partial charge < -0.3 is 5.32 Å². The Labute approximate surface area is 77.2 Å². The van der Waals surface area contributed by atoms with Gasteiger partial charge >= 0.3 is 0 Å².